The van der Waals surface area contributed by atoms with Crippen LogP contribution in [0.25, 0.3) is 0 Å². The fourth-order valence-corrected chi connectivity index (χ4v) is 11.0. The van der Waals surface area contributed by atoms with Crippen LogP contribution in [0.1, 0.15) is 229 Å². The van der Waals surface area contributed by atoms with Gasteiger partial charge in [-0.2, -0.15) is 172 Å². The summed E-state index contributed by atoms with van der Waals surface area (Å²) in [5.74, 6) is -58.7. The van der Waals surface area contributed by atoms with E-state index in [0.717, 1.165) is 77.0 Å². The molecular formula is C54H108F20O30S10. The van der Waals surface area contributed by atoms with E-state index in [-0.39, 0.29) is 40.4 Å². The summed E-state index contributed by atoms with van der Waals surface area (Å²) >= 11 is 0. The van der Waals surface area contributed by atoms with E-state index in [4.69, 9.17) is 45.5 Å². The molecule has 0 aromatic heterocycles. The van der Waals surface area contributed by atoms with Crippen molar-refractivity contribution in [2.75, 3.05) is 47.0 Å². The molecule has 0 bridgehead atoms. The van der Waals surface area contributed by atoms with Gasteiger partial charge in [0, 0.05) is 13.8 Å². The van der Waals surface area contributed by atoms with E-state index in [1.807, 2.05) is 20.8 Å². The molecule has 0 aliphatic rings. The highest BCUT2D eigenvalue weighted by molar-refractivity contribution is 7.88. The van der Waals surface area contributed by atoms with Crippen LogP contribution < -0.4 is 0 Å². The lowest BCUT2D eigenvalue weighted by Gasteiger charge is -2.41. The van der Waals surface area contributed by atoms with Crippen LogP contribution in [-0.4, -0.2) is 235 Å². The summed E-state index contributed by atoms with van der Waals surface area (Å²) in [6, 6.07) is 0. The van der Waals surface area contributed by atoms with Gasteiger partial charge in [0.2, 0.25) is 0 Å². The highest BCUT2D eigenvalue weighted by atomic mass is 32.3. The Labute approximate surface area is 655 Å². The fourth-order valence-electron chi connectivity index (χ4n) is 6.70. The normalized spacial score (nSPS) is 13.7. The lowest BCUT2D eigenvalue weighted by atomic mass is 9.92. The van der Waals surface area contributed by atoms with E-state index >= 15 is 0 Å². The van der Waals surface area contributed by atoms with Gasteiger partial charge in [0.1, 0.15) is 0 Å². The molecule has 60 heteroatoms. The monoisotopic (exact) mass is 1940 g/mol. The summed E-state index contributed by atoms with van der Waals surface area (Å²) in [6.07, 6.45) is 27.9. The molecule has 0 heterocycles. The molecule has 1 unspecified atom stereocenters. The van der Waals surface area contributed by atoms with Crippen LogP contribution in [0, 0.1) is 5.92 Å². The van der Waals surface area contributed by atoms with Gasteiger partial charge in [-0.3, -0.25) is 45.5 Å². The number of halogens is 20. The van der Waals surface area contributed by atoms with E-state index in [1.165, 1.54) is 71.1 Å². The number of rotatable bonds is 43. The molecule has 30 nitrogen and oxygen atoms in total. The smallest absolute Gasteiger partial charge is 0.286 e. The molecular weight excluding hydrogens is 1830 g/mol. The Hall–Kier alpha value is -2.30. The number of hydrogen-bond acceptors (Lipinski definition) is 20. The van der Waals surface area contributed by atoms with Crippen LogP contribution in [0.5, 0.6) is 0 Å². The molecule has 0 aliphatic heterocycles. The van der Waals surface area contributed by atoms with Crippen molar-refractivity contribution in [1.82, 2.24) is 0 Å². The molecule has 0 spiro atoms. The van der Waals surface area contributed by atoms with E-state index in [0.29, 0.717) is 38.2 Å². The number of alkyl halides is 20. The Kier molecular flexibility index (Phi) is 66.3. The van der Waals surface area contributed by atoms with Crippen molar-refractivity contribution in [2.24, 2.45) is 5.92 Å². The SMILES string of the molecule is CC(F)(F)C(F)(F)C(F)(F)C(F)(F)C(F)(F)C(F)(F)C(F)(F)S(=O)(=O)O.CC(F)(F)C(F)(F)C(F)(F)S(=O)(=O)O.CCCCC(CC)CS(=O)(=O)O.CCCCCCCCCCCCS(=O)(=O)O.CCCCCCCCS(=O)(=O)O.CCCCCCS(=O)(=O)O.CCCCS(=O)(=O)O.CCS(=O)(=O)O.CS(=O)(=O)O.CS(=O)(=O)O. The number of hydrogen-bond donors (Lipinski definition) is 10. The largest absolute Gasteiger partial charge is 0.438 e. The maximum atomic E-state index is 13.0. The average molecular weight is 1940 g/mol. The van der Waals surface area contributed by atoms with Crippen LogP contribution >= 0.6 is 0 Å². The van der Waals surface area contributed by atoms with Crippen LogP contribution in [0.3, 0.4) is 0 Å². The minimum atomic E-state index is -8.38. The maximum absolute atomic E-state index is 13.0. The molecule has 10 N–H and O–H groups in total. The molecule has 0 rings (SSSR count). The Balaban J connectivity index is -0.000000137. The molecule has 0 aliphatic carbocycles. The Bertz CT molecular complexity index is 3730. The zero-order valence-electron chi connectivity index (χ0n) is 63.5. The molecule has 0 saturated heterocycles. The molecule has 0 aromatic carbocycles. The standard InChI is InChI=1S/C12H26O3S.C8H4F14O3S.2C8H18O3S.C6H14O3S.C4H4F6O3S.C4H10O3S.C2H6O3S.2CH4O3S/c1-2-3-4-5-6-7-8-9-10-11-12-16(13,14)15;1-2(9,10)3(11,12)4(13,14)5(15,16)6(17,18)7(19,20)8(21,22)26(23,24)25;1-3-5-6-8(4-2)7-12(9,10)11;1-2-3-4-5-6-7-8-12(9,10)11;1-2-3-4-5-6-10(7,8)9;1-2(5,6)3(7,8)4(9,10)14(11,12)13;1-2-3-4-8(5,6)7;1-2-6(3,4)5;2*1-5(2,3)4/h2-12H2,1H3,(H,13,14,15);1H3,(H,23,24,25);8H,3-7H2,1-2H3,(H,9,10,11);2-8H2,1H3,(H,9,10,11);2-6H2,1H3,(H,7,8,9);1H3,(H,11,12,13);2-4H2,1H3,(H,5,6,7);2H2,1H3,(H,3,4,5);2*1H3,(H,2,3,4). The first-order valence-electron chi connectivity index (χ1n) is 33.1. The summed E-state index contributed by atoms with van der Waals surface area (Å²) in [4.78, 5) is 0. The summed E-state index contributed by atoms with van der Waals surface area (Å²) in [5, 5.41) is -13.8. The Morgan fingerprint density at radius 2 is 0.430 bits per heavy atom. The number of unbranched alkanes of at least 4 members (excludes halogenated alkanes) is 19. The maximum Gasteiger partial charge on any atom is 0.438 e. The summed E-state index contributed by atoms with van der Waals surface area (Å²) in [5.41, 5.74) is 0. The molecule has 704 valence electrons. The summed E-state index contributed by atoms with van der Waals surface area (Å²) in [7, 11) is -43.9. The van der Waals surface area contributed by atoms with Gasteiger partial charge in [0.15, 0.2) is 0 Å². The first-order chi connectivity index (χ1) is 49.8. The summed E-state index contributed by atoms with van der Waals surface area (Å²) < 4.78 is 530. The van der Waals surface area contributed by atoms with Crippen LogP contribution in [0.4, 0.5) is 87.8 Å². The predicted octanol–water partition coefficient (Wildman–Crippen LogP) is 15.2. The molecule has 0 aromatic rings. The van der Waals surface area contributed by atoms with Gasteiger partial charge in [-0.05, 0) is 44.9 Å². The fraction of sp³-hybridized carbons (Fsp3) is 1.00. The quantitative estimate of drug-likeness (QED) is 0.0154. The lowest BCUT2D eigenvalue weighted by molar-refractivity contribution is -0.434. The van der Waals surface area contributed by atoms with Crippen molar-refractivity contribution in [2.45, 2.75) is 287 Å². The van der Waals surface area contributed by atoms with Crippen LogP contribution in [0.2, 0.25) is 0 Å². The molecule has 0 amide bonds. The second kappa shape index (κ2) is 57.1. The first kappa shape index (κ1) is 132. The summed E-state index contributed by atoms with van der Waals surface area (Å²) in [6.45, 7) is 11.9. The van der Waals surface area contributed by atoms with Crippen molar-refractivity contribution >= 4 is 101 Å². The topological polar surface area (TPSA) is 544 Å². The van der Waals surface area contributed by atoms with Crippen molar-refractivity contribution < 1.29 is 218 Å². The second-order valence-electron chi connectivity index (χ2n) is 24.2. The molecule has 0 fully saturated rings. The Morgan fingerprint density at radius 3 is 0.596 bits per heavy atom. The van der Waals surface area contributed by atoms with Crippen molar-refractivity contribution in [3.63, 3.8) is 0 Å². The van der Waals surface area contributed by atoms with Crippen molar-refractivity contribution in [3.8, 4) is 0 Å². The van der Waals surface area contributed by atoms with E-state index in [1.54, 1.807) is 0 Å². The van der Waals surface area contributed by atoms with E-state index < -0.39 is 173 Å². The zero-order valence-corrected chi connectivity index (χ0v) is 71.6. The third kappa shape index (κ3) is 70.4. The van der Waals surface area contributed by atoms with Crippen LogP contribution in [-0.2, 0) is 101 Å². The minimum absolute atomic E-state index is 0.0799. The predicted molar refractivity (Wildman–Crippen MR) is 381 cm³/mol. The highest BCUT2D eigenvalue weighted by Gasteiger charge is 2.94. The van der Waals surface area contributed by atoms with Gasteiger partial charge in [-0.15, -0.1) is 0 Å². The lowest BCUT2D eigenvalue weighted by Crippen LogP contribution is -2.73. The first-order valence-corrected chi connectivity index (χ1v) is 49.3. The van der Waals surface area contributed by atoms with Gasteiger partial charge in [0.25, 0.3) is 80.9 Å². The van der Waals surface area contributed by atoms with E-state index in [9.17, 15) is 172 Å². The highest BCUT2D eigenvalue weighted by Crippen LogP contribution is 2.62. The van der Waals surface area contributed by atoms with Gasteiger partial charge in [-0.25, -0.2) is 0 Å². The molecule has 0 saturated carbocycles. The zero-order chi connectivity index (χ0) is 94.2. The van der Waals surface area contributed by atoms with Crippen molar-refractivity contribution in [1.29, 1.82) is 0 Å². The van der Waals surface area contributed by atoms with Gasteiger partial charge < -0.3 is 0 Å². The average Bonchev–Trinajstić information content (AvgIpc) is 0.697. The van der Waals surface area contributed by atoms with Gasteiger partial charge in [-0.1, -0.05) is 176 Å². The molecule has 114 heavy (non-hydrogen) atoms. The third-order valence-electron chi connectivity index (χ3n) is 12.9. The van der Waals surface area contributed by atoms with E-state index in [2.05, 4.69) is 20.8 Å². The minimum Gasteiger partial charge on any atom is -0.286 e. The molecule has 0 radical (unpaired) electrons. The molecule has 1 atom stereocenters. The third-order valence-corrected chi connectivity index (χ3v) is 19.6. The second-order valence-corrected chi connectivity index (χ2v) is 39.6. The van der Waals surface area contributed by atoms with Crippen LogP contribution in [0.15, 0.2) is 0 Å². The van der Waals surface area contributed by atoms with Gasteiger partial charge in [0.05, 0.1) is 47.0 Å². The van der Waals surface area contributed by atoms with Crippen molar-refractivity contribution in [3.05, 3.63) is 0 Å². The Morgan fingerprint density at radius 1 is 0.246 bits per heavy atom. The van der Waals surface area contributed by atoms with Gasteiger partial charge >= 0.3 is 78.1 Å².